The minimum Gasteiger partial charge on any atom is -0.351 e. The van der Waals surface area contributed by atoms with Crippen LogP contribution >= 0.6 is 11.6 Å². The first-order valence-corrected chi connectivity index (χ1v) is 9.02. The SMILES string of the molecule is CCCCNC(=O)/C(C#N)=C/c1c(C)nn(Cc2ccc(C)cc2)c1Cl. The predicted octanol–water partition coefficient (Wildman–Crippen LogP) is 4.02. The van der Waals surface area contributed by atoms with Crippen molar-refractivity contribution in [2.75, 3.05) is 6.54 Å². The van der Waals surface area contributed by atoms with Crippen LogP contribution in [-0.2, 0) is 11.3 Å². The molecule has 5 nitrogen and oxygen atoms in total. The lowest BCUT2D eigenvalue weighted by Gasteiger charge is -2.05. The van der Waals surface area contributed by atoms with Crippen LogP contribution in [-0.4, -0.2) is 22.2 Å². The highest BCUT2D eigenvalue weighted by Gasteiger charge is 2.15. The van der Waals surface area contributed by atoms with Crippen molar-refractivity contribution in [2.24, 2.45) is 0 Å². The summed E-state index contributed by atoms with van der Waals surface area (Å²) in [6, 6.07) is 10.1. The summed E-state index contributed by atoms with van der Waals surface area (Å²) in [5.41, 5.74) is 3.57. The van der Waals surface area contributed by atoms with Crippen molar-refractivity contribution >= 4 is 23.6 Å². The van der Waals surface area contributed by atoms with E-state index in [0.29, 0.717) is 29.5 Å². The third kappa shape index (κ3) is 4.96. The fourth-order valence-corrected chi connectivity index (χ4v) is 2.76. The fourth-order valence-electron chi connectivity index (χ4n) is 2.47. The molecule has 2 rings (SSSR count). The molecule has 0 spiro atoms. The van der Waals surface area contributed by atoms with E-state index in [-0.39, 0.29) is 11.5 Å². The molecule has 0 unspecified atom stereocenters. The van der Waals surface area contributed by atoms with Crippen LogP contribution in [0, 0.1) is 25.2 Å². The zero-order valence-electron chi connectivity index (χ0n) is 15.3. The smallest absolute Gasteiger partial charge is 0.261 e. The first-order chi connectivity index (χ1) is 12.5. The number of benzene rings is 1. The Morgan fingerprint density at radius 1 is 1.35 bits per heavy atom. The summed E-state index contributed by atoms with van der Waals surface area (Å²) in [7, 11) is 0. The number of carbonyl (C=O) groups is 1. The molecule has 0 saturated heterocycles. The molecular weight excluding hydrogens is 348 g/mol. The van der Waals surface area contributed by atoms with Crippen LogP contribution < -0.4 is 5.32 Å². The Hall–Kier alpha value is -2.58. The van der Waals surface area contributed by atoms with Gasteiger partial charge in [0, 0.05) is 12.1 Å². The third-order valence-corrected chi connectivity index (χ3v) is 4.43. The number of hydrogen-bond acceptors (Lipinski definition) is 3. The minimum atomic E-state index is -0.386. The second-order valence-corrected chi connectivity index (χ2v) is 6.57. The summed E-state index contributed by atoms with van der Waals surface area (Å²) in [6.45, 7) is 6.96. The van der Waals surface area contributed by atoms with Gasteiger partial charge in [-0.1, -0.05) is 54.8 Å². The summed E-state index contributed by atoms with van der Waals surface area (Å²) in [5, 5.41) is 16.9. The molecule has 136 valence electrons. The van der Waals surface area contributed by atoms with E-state index in [1.54, 1.807) is 4.68 Å². The maximum absolute atomic E-state index is 12.1. The standard InChI is InChI=1S/C20H23ClN4O/c1-4-5-10-23-20(26)17(12-22)11-18-15(3)24-25(19(18)21)13-16-8-6-14(2)7-9-16/h6-9,11H,4-5,10,13H2,1-3H3,(H,23,26)/b17-11+. The van der Waals surface area contributed by atoms with Gasteiger partial charge in [-0.25, -0.2) is 4.68 Å². The van der Waals surface area contributed by atoms with Crippen LogP contribution in [0.1, 0.15) is 42.1 Å². The van der Waals surface area contributed by atoms with Crippen LogP contribution in [0.2, 0.25) is 5.15 Å². The highest BCUT2D eigenvalue weighted by molar-refractivity contribution is 6.31. The highest BCUT2D eigenvalue weighted by Crippen LogP contribution is 2.23. The fraction of sp³-hybridized carbons (Fsp3) is 0.350. The Balaban J connectivity index is 2.23. The van der Waals surface area contributed by atoms with Gasteiger partial charge in [-0.15, -0.1) is 0 Å². The van der Waals surface area contributed by atoms with Gasteiger partial charge in [0.1, 0.15) is 16.8 Å². The number of rotatable bonds is 7. The van der Waals surface area contributed by atoms with Gasteiger partial charge >= 0.3 is 0 Å². The molecule has 2 aromatic rings. The van der Waals surface area contributed by atoms with E-state index in [0.717, 1.165) is 18.4 Å². The lowest BCUT2D eigenvalue weighted by molar-refractivity contribution is -0.117. The number of carbonyl (C=O) groups excluding carboxylic acids is 1. The Kier molecular flexibility index (Phi) is 6.99. The quantitative estimate of drug-likeness (QED) is 0.454. The number of hydrogen-bond donors (Lipinski definition) is 1. The van der Waals surface area contributed by atoms with Crippen LogP contribution in [0.4, 0.5) is 0 Å². The first-order valence-electron chi connectivity index (χ1n) is 8.64. The Morgan fingerprint density at radius 2 is 2.04 bits per heavy atom. The van der Waals surface area contributed by atoms with Crippen molar-refractivity contribution < 1.29 is 4.79 Å². The molecule has 1 aromatic heterocycles. The van der Waals surface area contributed by atoms with Gasteiger partial charge in [0.2, 0.25) is 0 Å². The van der Waals surface area contributed by atoms with Crippen molar-refractivity contribution in [3.63, 3.8) is 0 Å². The molecule has 0 saturated carbocycles. The van der Waals surface area contributed by atoms with Gasteiger partial charge in [0.25, 0.3) is 5.91 Å². The zero-order valence-corrected chi connectivity index (χ0v) is 16.1. The summed E-state index contributed by atoms with van der Waals surface area (Å²) >= 11 is 6.46. The van der Waals surface area contributed by atoms with Gasteiger partial charge in [0.05, 0.1) is 12.2 Å². The van der Waals surface area contributed by atoms with Crippen molar-refractivity contribution in [1.29, 1.82) is 5.26 Å². The molecule has 1 heterocycles. The summed E-state index contributed by atoms with van der Waals surface area (Å²) in [5.74, 6) is -0.386. The molecule has 1 N–H and O–H groups in total. The number of amides is 1. The van der Waals surface area contributed by atoms with Gasteiger partial charge in [-0.05, 0) is 31.9 Å². The molecule has 0 atom stereocenters. The van der Waals surface area contributed by atoms with E-state index in [1.165, 1.54) is 11.6 Å². The van der Waals surface area contributed by atoms with Crippen molar-refractivity contribution in [3.05, 3.63) is 57.4 Å². The number of unbranched alkanes of at least 4 members (excludes halogenated alkanes) is 1. The Bertz CT molecular complexity index is 844. The van der Waals surface area contributed by atoms with Crippen molar-refractivity contribution in [1.82, 2.24) is 15.1 Å². The average Bonchev–Trinajstić information content (AvgIpc) is 2.88. The molecule has 1 amide bonds. The summed E-state index contributed by atoms with van der Waals surface area (Å²) < 4.78 is 1.68. The second kappa shape index (κ2) is 9.21. The molecule has 6 heteroatoms. The van der Waals surface area contributed by atoms with Crippen LogP contribution in [0.15, 0.2) is 29.8 Å². The van der Waals surface area contributed by atoms with Crippen molar-refractivity contribution in [3.8, 4) is 6.07 Å². The predicted molar refractivity (Wildman–Crippen MR) is 104 cm³/mol. The Morgan fingerprint density at radius 3 is 2.65 bits per heavy atom. The number of aromatic nitrogens is 2. The minimum absolute atomic E-state index is 0.0287. The number of aryl methyl sites for hydroxylation is 2. The second-order valence-electron chi connectivity index (χ2n) is 6.21. The van der Waals surface area contributed by atoms with Gasteiger partial charge in [0.15, 0.2) is 0 Å². The average molecular weight is 371 g/mol. The molecular formula is C20H23ClN4O. The van der Waals surface area contributed by atoms with Crippen molar-refractivity contribution in [2.45, 2.75) is 40.2 Å². The van der Waals surface area contributed by atoms with E-state index < -0.39 is 0 Å². The van der Waals surface area contributed by atoms with Crippen LogP contribution in [0.5, 0.6) is 0 Å². The van der Waals surface area contributed by atoms with E-state index in [9.17, 15) is 10.1 Å². The lowest BCUT2D eigenvalue weighted by atomic mass is 10.1. The maximum Gasteiger partial charge on any atom is 0.261 e. The normalized spacial score (nSPS) is 11.3. The number of nitrogens with one attached hydrogen (secondary N) is 1. The molecule has 0 aliphatic carbocycles. The van der Waals surface area contributed by atoms with Gasteiger partial charge in [-0.3, -0.25) is 4.79 Å². The highest BCUT2D eigenvalue weighted by atomic mass is 35.5. The first kappa shape index (κ1) is 19.7. The van der Waals surface area contributed by atoms with E-state index in [4.69, 9.17) is 11.6 Å². The number of nitrogens with zero attached hydrogens (tertiary/aromatic N) is 3. The zero-order chi connectivity index (χ0) is 19.1. The number of halogens is 1. The van der Waals surface area contributed by atoms with E-state index >= 15 is 0 Å². The molecule has 0 aliphatic heterocycles. The molecule has 0 radical (unpaired) electrons. The van der Waals surface area contributed by atoms with Gasteiger partial charge in [-0.2, -0.15) is 10.4 Å². The van der Waals surface area contributed by atoms with Crippen LogP contribution in [0.25, 0.3) is 6.08 Å². The summed E-state index contributed by atoms with van der Waals surface area (Å²) in [4.78, 5) is 12.1. The van der Waals surface area contributed by atoms with E-state index in [2.05, 4.69) is 10.4 Å². The topological polar surface area (TPSA) is 70.7 Å². The number of nitriles is 1. The molecule has 1 aromatic carbocycles. The van der Waals surface area contributed by atoms with Crippen LogP contribution in [0.3, 0.4) is 0 Å². The lowest BCUT2D eigenvalue weighted by Crippen LogP contribution is -2.25. The summed E-state index contributed by atoms with van der Waals surface area (Å²) in [6.07, 6.45) is 3.36. The Labute approximate surface area is 159 Å². The molecule has 26 heavy (non-hydrogen) atoms. The van der Waals surface area contributed by atoms with Gasteiger partial charge < -0.3 is 5.32 Å². The molecule has 0 bridgehead atoms. The molecule has 0 fully saturated rings. The third-order valence-electron chi connectivity index (χ3n) is 4.03. The largest absolute Gasteiger partial charge is 0.351 e. The maximum atomic E-state index is 12.1. The molecule has 0 aliphatic rings. The monoisotopic (exact) mass is 370 g/mol. The van der Waals surface area contributed by atoms with E-state index in [1.807, 2.05) is 51.1 Å².